The van der Waals surface area contributed by atoms with Crippen LogP contribution in [-0.4, -0.2) is 17.1 Å². The predicted molar refractivity (Wildman–Crippen MR) is 129 cm³/mol. The number of ether oxygens (including phenoxy) is 1. The quantitative estimate of drug-likeness (QED) is 0.458. The SMILES string of the molecule is Cc1ccc(N=c2scc(-c3ccc4c(c3)NC(=O)CO4)n2Cc2ccccc2)cc1C. The smallest absolute Gasteiger partial charge is 0.262 e. The number of hydrogen-bond acceptors (Lipinski definition) is 4. The van der Waals surface area contributed by atoms with Crippen LogP contribution in [0.3, 0.4) is 0 Å². The monoisotopic (exact) mass is 441 g/mol. The number of carbonyl (C=O) groups excluding carboxylic acids is 1. The fourth-order valence-corrected chi connectivity index (χ4v) is 4.64. The van der Waals surface area contributed by atoms with Gasteiger partial charge in [-0.15, -0.1) is 11.3 Å². The number of aryl methyl sites for hydroxylation is 2. The third-order valence-corrected chi connectivity index (χ3v) is 6.47. The summed E-state index contributed by atoms with van der Waals surface area (Å²) < 4.78 is 7.75. The molecule has 6 heteroatoms. The van der Waals surface area contributed by atoms with Crippen molar-refractivity contribution in [1.82, 2.24) is 4.57 Å². The van der Waals surface area contributed by atoms with Crippen LogP contribution in [0.15, 0.2) is 77.1 Å². The summed E-state index contributed by atoms with van der Waals surface area (Å²) in [6.45, 7) is 4.97. The Kier molecular flexibility index (Phi) is 5.37. The van der Waals surface area contributed by atoms with E-state index in [2.05, 4.69) is 59.4 Å². The number of amides is 1. The fourth-order valence-electron chi connectivity index (χ4n) is 3.72. The number of thiazole rings is 1. The van der Waals surface area contributed by atoms with Gasteiger partial charge in [-0.05, 0) is 60.9 Å². The zero-order valence-corrected chi connectivity index (χ0v) is 18.8. The lowest BCUT2D eigenvalue weighted by atomic mass is 10.1. The molecule has 1 aliphatic heterocycles. The van der Waals surface area contributed by atoms with Crippen LogP contribution < -0.4 is 14.9 Å². The highest BCUT2D eigenvalue weighted by atomic mass is 32.1. The molecule has 0 aliphatic carbocycles. The highest BCUT2D eigenvalue weighted by Gasteiger charge is 2.18. The van der Waals surface area contributed by atoms with Gasteiger partial charge in [0.15, 0.2) is 11.4 Å². The molecule has 3 aromatic carbocycles. The number of anilines is 1. The van der Waals surface area contributed by atoms with Gasteiger partial charge in [-0.3, -0.25) is 4.79 Å². The summed E-state index contributed by atoms with van der Waals surface area (Å²) >= 11 is 1.61. The van der Waals surface area contributed by atoms with Gasteiger partial charge in [-0.25, -0.2) is 4.99 Å². The maximum Gasteiger partial charge on any atom is 0.262 e. The van der Waals surface area contributed by atoms with Crippen molar-refractivity contribution in [2.45, 2.75) is 20.4 Å². The lowest BCUT2D eigenvalue weighted by Crippen LogP contribution is -2.25. The molecule has 2 heterocycles. The topological polar surface area (TPSA) is 55.6 Å². The summed E-state index contributed by atoms with van der Waals surface area (Å²) in [5.41, 5.74) is 7.36. The van der Waals surface area contributed by atoms with Crippen molar-refractivity contribution in [2.24, 2.45) is 4.99 Å². The number of carbonyl (C=O) groups is 1. The minimum absolute atomic E-state index is 0.0534. The average Bonchev–Trinajstić information content (AvgIpc) is 3.18. The van der Waals surface area contributed by atoms with Crippen LogP contribution >= 0.6 is 11.3 Å². The number of benzene rings is 3. The van der Waals surface area contributed by atoms with E-state index in [1.54, 1.807) is 11.3 Å². The van der Waals surface area contributed by atoms with Crippen LogP contribution in [0, 0.1) is 13.8 Å². The molecule has 1 aliphatic rings. The largest absolute Gasteiger partial charge is 0.482 e. The minimum atomic E-state index is -0.137. The van der Waals surface area contributed by atoms with E-state index in [0.717, 1.165) is 21.7 Å². The number of rotatable bonds is 4. The minimum Gasteiger partial charge on any atom is -0.482 e. The zero-order chi connectivity index (χ0) is 22.1. The van der Waals surface area contributed by atoms with Gasteiger partial charge < -0.3 is 14.6 Å². The van der Waals surface area contributed by atoms with Crippen LogP contribution in [0.2, 0.25) is 0 Å². The molecule has 0 bridgehead atoms. The lowest BCUT2D eigenvalue weighted by Gasteiger charge is -2.19. The average molecular weight is 442 g/mol. The molecule has 0 saturated carbocycles. The molecular weight excluding hydrogens is 418 g/mol. The first-order valence-electron chi connectivity index (χ1n) is 10.5. The van der Waals surface area contributed by atoms with Crippen LogP contribution in [-0.2, 0) is 11.3 Å². The van der Waals surface area contributed by atoms with E-state index < -0.39 is 0 Å². The molecular formula is C26H23N3O2S. The maximum atomic E-state index is 11.8. The normalized spacial score (nSPS) is 13.4. The summed E-state index contributed by atoms with van der Waals surface area (Å²) in [7, 11) is 0. The van der Waals surface area contributed by atoms with Gasteiger partial charge in [0.2, 0.25) is 0 Å². The van der Waals surface area contributed by atoms with Gasteiger partial charge in [0.05, 0.1) is 23.6 Å². The van der Waals surface area contributed by atoms with Gasteiger partial charge >= 0.3 is 0 Å². The Labute approximate surface area is 190 Å². The van der Waals surface area contributed by atoms with E-state index in [4.69, 9.17) is 9.73 Å². The van der Waals surface area contributed by atoms with Crippen LogP contribution in [0.1, 0.15) is 16.7 Å². The van der Waals surface area contributed by atoms with E-state index >= 15 is 0 Å². The van der Waals surface area contributed by atoms with E-state index in [-0.39, 0.29) is 12.5 Å². The first kappa shape index (κ1) is 20.3. The third-order valence-electron chi connectivity index (χ3n) is 5.60. The molecule has 0 saturated heterocycles. The molecule has 5 nitrogen and oxygen atoms in total. The van der Waals surface area contributed by atoms with Crippen molar-refractivity contribution < 1.29 is 9.53 Å². The number of hydrogen-bond donors (Lipinski definition) is 1. The van der Waals surface area contributed by atoms with Crippen molar-refractivity contribution in [3.63, 3.8) is 0 Å². The Morgan fingerprint density at radius 3 is 2.69 bits per heavy atom. The van der Waals surface area contributed by atoms with Gasteiger partial charge in [0.1, 0.15) is 5.75 Å². The Bertz CT molecular complexity index is 1370. The lowest BCUT2D eigenvalue weighted by molar-refractivity contribution is -0.118. The molecule has 5 rings (SSSR count). The van der Waals surface area contributed by atoms with Gasteiger partial charge in [0, 0.05) is 10.9 Å². The Morgan fingerprint density at radius 2 is 1.88 bits per heavy atom. The molecule has 1 aromatic heterocycles. The summed E-state index contributed by atoms with van der Waals surface area (Å²) in [4.78, 5) is 17.7. The molecule has 160 valence electrons. The molecule has 0 radical (unpaired) electrons. The summed E-state index contributed by atoms with van der Waals surface area (Å²) in [5, 5.41) is 5.03. The second-order valence-corrected chi connectivity index (χ2v) is 8.74. The van der Waals surface area contributed by atoms with E-state index in [0.29, 0.717) is 18.0 Å². The van der Waals surface area contributed by atoms with Gasteiger partial charge in [0.25, 0.3) is 5.91 Å². The third kappa shape index (κ3) is 4.09. The van der Waals surface area contributed by atoms with Gasteiger partial charge in [-0.1, -0.05) is 36.4 Å². The highest BCUT2D eigenvalue weighted by molar-refractivity contribution is 7.07. The van der Waals surface area contributed by atoms with Crippen molar-refractivity contribution in [3.8, 4) is 17.0 Å². The van der Waals surface area contributed by atoms with Crippen molar-refractivity contribution >= 4 is 28.6 Å². The molecule has 1 N–H and O–H groups in total. The van der Waals surface area contributed by atoms with Crippen molar-refractivity contribution in [2.75, 3.05) is 11.9 Å². The number of nitrogens with zero attached hydrogens (tertiary/aromatic N) is 2. The molecule has 4 aromatic rings. The van der Waals surface area contributed by atoms with E-state index in [1.807, 2.05) is 36.4 Å². The molecule has 1 amide bonds. The molecule has 0 atom stereocenters. The fraction of sp³-hybridized carbons (Fsp3) is 0.154. The van der Waals surface area contributed by atoms with E-state index in [9.17, 15) is 4.79 Å². The summed E-state index contributed by atoms with van der Waals surface area (Å²) in [6, 6.07) is 22.6. The van der Waals surface area contributed by atoms with Crippen molar-refractivity contribution in [1.29, 1.82) is 0 Å². The highest BCUT2D eigenvalue weighted by Crippen LogP contribution is 2.33. The molecule has 0 spiro atoms. The van der Waals surface area contributed by atoms with Crippen LogP contribution in [0.5, 0.6) is 5.75 Å². The molecule has 0 unspecified atom stereocenters. The van der Waals surface area contributed by atoms with Crippen LogP contribution in [0.25, 0.3) is 11.3 Å². The number of aromatic nitrogens is 1. The second kappa shape index (κ2) is 8.48. The zero-order valence-electron chi connectivity index (χ0n) is 18.0. The summed E-state index contributed by atoms with van der Waals surface area (Å²) in [5.74, 6) is 0.556. The van der Waals surface area contributed by atoms with Gasteiger partial charge in [-0.2, -0.15) is 0 Å². The summed E-state index contributed by atoms with van der Waals surface area (Å²) in [6.07, 6.45) is 0. The molecule has 0 fully saturated rings. The first-order chi connectivity index (χ1) is 15.6. The molecule has 32 heavy (non-hydrogen) atoms. The maximum absolute atomic E-state index is 11.8. The standard InChI is InChI=1S/C26H23N3O2S/c1-17-8-10-21(12-18(17)2)27-26-29(14-19-6-4-3-5-7-19)23(16-32-26)20-9-11-24-22(13-20)28-25(30)15-31-24/h3-13,16H,14-15H2,1-2H3,(H,28,30). The second-order valence-electron chi connectivity index (χ2n) is 7.90. The number of fused-ring (bicyclic) bond motifs is 1. The van der Waals surface area contributed by atoms with Crippen LogP contribution in [0.4, 0.5) is 11.4 Å². The Balaban J connectivity index is 1.63. The number of nitrogens with one attached hydrogen (secondary N) is 1. The predicted octanol–water partition coefficient (Wildman–Crippen LogP) is 5.45. The van der Waals surface area contributed by atoms with Crippen molar-refractivity contribution in [3.05, 3.63) is 93.6 Å². The van der Waals surface area contributed by atoms with E-state index in [1.165, 1.54) is 16.7 Å². The Morgan fingerprint density at radius 1 is 1.03 bits per heavy atom. The Hall–Kier alpha value is -3.64. The first-order valence-corrected chi connectivity index (χ1v) is 11.4.